The maximum Gasteiger partial charge on any atom is 0.0457 e. The molecule has 0 bridgehead atoms. The van der Waals surface area contributed by atoms with Gasteiger partial charge in [0.15, 0.2) is 0 Å². The summed E-state index contributed by atoms with van der Waals surface area (Å²) in [6, 6.07) is 15.0. The summed E-state index contributed by atoms with van der Waals surface area (Å²) in [6.07, 6.45) is 1.99. The molecule has 0 saturated carbocycles. The van der Waals surface area contributed by atoms with Crippen LogP contribution in [0.3, 0.4) is 0 Å². The number of rotatable bonds is 3. The number of aromatic amines is 1. The summed E-state index contributed by atoms with van der Waals surface area (Å²) in [4.78, 5) is 3.25. The van der Waals surface area contributed by atoms with Crippen LogP contribution in [0.1, 0.15) is 11.1 Å². The van der Waals surface area contributed by atoms with Crippen molar-refractivity contribution in [2.45, 2.75) is 13.5 Å². The number of halogens is 1. The Labute approximate surface area is 126 Å². The molecule has 0 radical (unpaired) electrons. The van der Waals surface area contributed by atoms with Crippen LogP contribution < -0.4 is 5.32 Å². The van der Waals surface area contributed by atoms with Gasteiger partial charge in [-0.15, -0.1) is 0 Å². The van der Waals surface area contributed by atoms with Gasteiger partial charge >= 0.3 is 0 Å². The van der Waals surface area contributed by atoms with Crippen LogP contribution in [0.15, 0.2) is 48.7 Å². The lowest BCUT2D eigenvalue weighted by Gasteiger charge is -2.10. The first-order valence-corrected chi connectivity index (χ1v) is 7.37. The Morgan fingerprint density at radius 3 is 2.89 bits per heavy atom. The number of hydrogen-bond donors (Lipinski definition) is 2. The van der Waals surface area contributed by atoms with Crippen LogP contribution in [0.25, 0.3) is 10.9 Å². The minimum absolute atomic E-state index is 0.844. The molecule has 0 aliphatic heterocycles. The lowest BCUT2D eigenvalue weighted by molar-refractivity contribution is 1.16. The van der Waals surface area contributed by atoms with E-state index >= 15 is 0 Å². The van der Waals surface area contributed by atoms with Gasteiger partial charge in [0.05, 0.1) is 0 Å². The molecule has 0 spiro atoms. The van der Waals surface area contributed by atoms with Gasteiger partial charge in [-0.05, 0) is 71.0 Å². The molecule has 0 fully saturated rings. The van der Waals surface area contributed by atoms with Crippen LogP contribution >= 0.6 is 22.6 Å². The zero-order chi connectivity index (χ0) is 13.2. The highest BCUT2D eigenvalue weighted by molar-refractivity contribution is 14.1. The third-order valence-corrected chi connectivity index (χ3v) is 4.01. The first-order valence-electron chi connectivity index (χ1n) is 6.29. The maximum absolute atomic E-state index is 3.52. The normalized spacial score (nSPS) is 10.8. The first-order chi connectivity index (χ1) is 9.24. The summed E-state index contributed by atoms with van der Waals surface area (Å²) in [5.74, 6) is 0. The second-order valence-corrected chi connectivity index (χ2v) is 5.91. The fourth-order valence-electron chi connectivity index (χ4n) is 2.32. The summed E-state index contributed by atoms with van der Waals surface area (Å²) >= 11 is 2.34. The van der Waals surface area contributed by atoms with E-state index in [0.717, 1.165) is 6.54 Å². The number of aromatic nitrogens is 1. The highest BCUT2D eigenvalue weighted by atomic mass is 127. The predicted octanol–water partition coefficient (Wildman–Crippen LogP) is 4.69. The van der Waals surface area contributed by atoms with Crippen molar-refractivity contribution >= 4 is 39.2 Å². The Morgan fingerprint density at radius 2 is 2.05 bits per heavy atom. The molecule has 96 valence electrons. The van der Waals surface area contributed by atoms with Gasteiger partial charge in [0.1, 0.15) is 0 Å². The molecule has 0 aliphatic carbocycles. The average molecular weight is 362 g/mol. The molecule has 3 heteroatoms. The number of anilines is 1. The minimum atomic E-state index is 0.844. The van der Waals surface area contributed by atoms with Gasteiger partial charge in [-0.25, -0.2) is 0 Å². The molecule has 2 aromatic carbocycles. The number of hydrogen-bond acceptors (Lipinski definition) is 1. The van der Waals surface area contributed by atoms with E-state index in [1.54, 1.807) is 0 Å². The van der Waals surface area contributed by atoms with Crippen molar-refractivity contribution in [3.8, 4) is 0 Å². The standard InChI is InChI=1S/C16H15IN2/c1-11-9-13(17)5-6-15(11)19-10-12-3-2-4-16-14(12)7-8-18-16/h2-9,18-19H,10H2,1H3. The number of benzene rings is 2. The lowest BCUT2D eigenvalue weighted by atomic mass is 10.1. The number of aryl methyl sites for hydroxylation is 1. The fraction of sp³-hybridized carbons (Fsp3) is 0.125. The van der Waals surface area contributed by atoms with Crippen LogP contribution in [0.2, 0.25) is 0 Å². The Bertz CT molecular complexity index is 716. The van der Waals surface area contributed by atoms with E-state index in [0.29, 0.717) is 0 Å². The first kappa shape index (κ1) is 12.5. The molecular weight excluding hydrogens is 347 g/mol. The Kier molecular flexibility index (Phi) is 3.46. The van der Waals surface area contributed by atoms with Gasteiger partial charge in [-0.2, -0.15) is 0 Å². The predicted molar refractivity (Wildman–Crippen MR) is 89.5 cm³/mol. The molecule has 0 saturated heterocycles. The molecule has 2 nitrogen and oxygen atoms in total. The van der Waals surface area contributed by atoms with Gasteiger partial charge in [-0.1, -0.05) is 12.1 Å². The number of fused-ring (bicyclic) bond motifs is 1. The molecule has 3 rings (SSSR count). The van der Waals surface area contributed by atoms with E-state index < -0.39 is 0 Å². The summed E-state index contributed by atoms with van der Waals surface area (Å²) in [6.45, 7) is 2.98. The molecule has 0 atom stereocenters. The number of nitrogens with one attached hydrogen (secondary N) is 2. The van der Waals surface area contributed by atoms with Crippen molar-refractivity contribution in [1.82, 2.24) is 4.98 Å². The second-order valence-electron chi connectivity index (χ2n) is 4.67. The van der Waals surface area contributed by atoms with Gasteiger partial charge in [-0.3, -0.25) is 0 Å². The molecular formula is C16H15IN2. The minimum Gasteiger partial charge on any atom is -0.381 e. The molecule has 3 aromatic rings. The van der Waals surface area contributed by atoms with Crippen LogP contribution in [0.5, 0.6) is 0 Å². The van der Waals surface area contributed by atoms with Crippen molar-refractivity contribution < 1.29 is 0 Å². The van der Waals surface area contributed by atoms with Gasteiger partial charge in [0.2, 0.25) is 0 Å². The quantitative estimate of drug-likeness (QED) is 0.650. The Hall–Kier alpha value is -1.49. The van der Waals surface area contributed by atoms with E-state index in [-0.39, 0.29) is 0 Å². The van der Waals surface area contributed by atoms with Crippen LogP contribution in [0, 0.1) is 10.5 Å². The van der Waals surface area contributed by atoms with E-state index in [1.165, 1.54) is 31.3 Å². The van der Waals surface area contributed by atoms with Crippen molar-refractivity contribution in [3.05, 3.63) is 63.4 Å². The fourth-order valence-corrected chi connectivity index (χ4v) is 2.97. The third kappa shape index (κ3) is 2.61. The zero-order valence-corrected chi connectivity index (χ0v) is 12.9. The maximum atomic E-state index is 3.52. The molecule has 0 unspecified atom stereocenters. The highest BCUT2D eigenvalue weighted by Gasteiger charge is 2.03. The van der Waals surface area contributed by atoms with E-state index in [4.69, 9.17) is 0 Å². The van der Waals surface area contributed by atoms with Gasteiger partial charge < -0.3 is 10.3 Å². The van der Waals surface area contributed by atoms with Crippen molar-refractivity contribution in [3.63, 3.8) is 0 Å². The van der Waals surface area contributed by atoms with Gasteiger partial charge in [0.25, 0.3) is 0 Å². The van der Waals surface area contributed by atoms with E-state index in [2.05, 4.69) is 82.3 Å². The number of H-pyrrole nitrogens is 1. The van der Waals surface area contributed by atoms with Crippen molar-refractivity contribution in [1.29, 1.82) is 0 Å². The topological polar surface area (TPSA) is 27.8 Å². The molecule has 2 N–H and O–H groups in total. The molecule has 19 heavy (non-hydrogen) atoms. The largest absolute Gasteiger partial charge is 0.381 e. The summed E-state index contributed by atoms with van der Waals surface area (Å²) < 4.78 is 1.27. The summed E-state index contributed by atoms with van der Waals surface area (Å²) in [7, 11) is 0. The monoisotopic (exact) mass is 362 g/mol. The smallest absolute Gasteiger partial charge is 0.0457 e. The molecule has 1 heterocycles. The Morgan fingerprint density at radius 1 is 1.16 bits per heavy atom. The second kappa shape index (κ2) is 5.25. The van der Waals surface area contributed by atoms with Crippen LogP contribution in [0.4, 0.5) is 5.69 Å². The van der Waals surface area contributed by atoms with Crippen LogP contribution in [-0.2, 0) is 6.54 Å². The third-order valence-electron chi connectivity index (χ3n) is 3.34. The van der Waals surface area contributed by atoms with Crippen molar-refractivity contribution in [2.75, 3.05) is 5.32 Å². The molecule has 0 aliphatic rings. The SMILES string of the molecule is Cc1cc(I)ccc1NCc1cccc2[nH]ccc12. The highest BCUT2D eigenvalue weighted by Crippen LogP contribution is 2.21. The molecule has 0 amide bonds. The zero-order valence-electron chi connectivity index (χ0n) is 10.7. The molecule has 1 aromatic heterocycles. The van der Waals surface area contributed by atoms with Crippen LogP contribution in [-0.4, -0.2) is 4.98 Å². The van der Waals surface area contributed by atoms with E-state index in [1.807, 2.05) is 6.20 Å². The van der Waals surface area contributed by atoms with Crippen molar-refractivity contribution in [2.24, 2.45) is 0 Å². The average Bonchev–Trinajstić information content (AvgIpc) is 2.86. The summed E-state index contributed by atoms with van der Waals surface area (Å²) in [5.41, 5.74) is 5.00. The Balaban J connectivity index is 1.84. The van der Waals surface area contributed by atoms with E-state index in [9.17, 15) is 0 Å². The summed E-state index contributed by atoms with van der Waals surface area (Å²) in [5, 5.41) is 4.81. The lowest BCUT2D eigenvalue weighted by Crippen LogP contribution is -2.01. The van der Waals surface area contributed by atoms with Gasteiger partial charge in [0, 0.05) is 32.9 Å².